The largest absolute Gasteiger partial charge is 0.507 e. The fourth-order valence-electron chi connectivity index (χ4n) is 1.77. The third-order valence-corrected chi connectivity index (χ3v) is 2.78. The van der Waals surface area contributed by atoms with Crippen LogP contribution in [0.4, 0.5) is 4.39 Å². The SMILES string of the molecule is O=C(NCC1CCOC1)c1cc(F)ccc1O. The van der Waals surface area contributed by atoms with E-state index in [2.05, 4.69) is 5.32 Å². The summed E-state index contributed by atoms with van der Waals surface area (Å²) >= 11 is 0. The summed E-state index contributed by atoms with van der Waals surface area (Å²) in [7, 11) is 0. The van der Waals surface area contributed by atoms with Gasteiger partial charge in [0.05, 0.1) is 12.2 Å². The zero-order valence-corrected chi connectivity index (χ0v) is 9.28. The van der Waals surface area contributed by atoms with Crippen LogP contribution in [0.25, 0.3) is 0 Å². The highest BCUT2D eigenvalue weighted by Gasteiger charge is 2.18. The molecule has 0 aromatic heterocycles. The lowest BCUT2D eigenvalue weighted by molar-refractivity contribution is 0.0942. The number of amides is 1. The molecule has 1 heterocycles. The molecule has 1 aliphatic rings. The molecule has 0 saturated carbocycles. The summed E-state index contributed by atoms with van der Waals surface area (Å²) in [6.07, 6.45) is 0.912. The number of halogens is 1. The van der Waals surface area contributed by atoms with Crippen molar-refractivity contribution in [3.63, 3.8) is 0 Å². The number of carbonyl (C=O) groups is 1. The van der Waals surface area contributed by atoms with Crippen molar-refractivity contribution in [2.75, 3.05) is 19.8 Å². The van der Waals surface area contributed by atoms with Crippen LogP contribution in [0.2, 0.25) is 0 Å². The number of hydrogen-bond acceptors (Lipinski definition) is 3. The van der Waals surface area contributed by atoms with Gasteiger partial charge >= 0.3 is 0 Å². The Bertz CT molecular complexity index is 416. The van der Waals surface area contributed by atoms with Crippen LogP contribution < -0.4 is 5.32 Å². The van der Waals surface area contributed by atoms with Crippen LogP contribution in [0.1, 0.15) is 16.8 Å². The summed E-state index contributed by atoms with van der Waals surface area (Å²) in [4.78, 5) is 11.7. The van der Waals surface area contributed by atoms with Gasteiger partial charge in [-0.05, 0) is 24.6 Å². The van der Waals surface area contributed by atoms with Crippen molar-refractivity contribution < 1.29 is 19.0 Å². The van der Waals surface area contributed by atoms with E-state index in [-0.39, 0.29) is 11.3 Å². The van der Waals surface area contributed by atoms with Crippen molar-refractivity contribution in [3.8, 4) is 5.75 Å². The number of hydrogen-bond donors (Lipinski definition) is 2. The maximum atomic E-state index is 12.9. The molecule has 2 N–H and O–H groups in total. The van der Waals surface area contributed by atoms with E-state index in [0.29, 0.717) is 25.7 Å². The first-order chi connectivity index (χ1) is 8.16. The minimum Gasteiger partial charge on any atom is -0.507 e. The van der Waals surface area contributed by atoms with Crippen molar-refractivity contribution >= 4 is 5.91 Å². The van der Waals surface area contributed by atoms with Gasteiger partial charge in [-0.2, -0.15) is 0 Å². The Kier molecular flexibility index (Phi) is 3.58. The van der Waals surface area contributed by atoms with Crippen LogP contribution in [-0.4, -0.2) is 30.8 Å². The van der Waals surface area contributed by atoms with Crippen LogP contribution in [0.15, 0.2) is 18.2 Å². The molecule has 1 fully saturated rings. The van der Waals surface area contributed by atoms with Gasteiger partial charge in [0.25, 0.3) is 5.91 Å². The third kappa shape index (κ3) is 2.94. The summed E-state index contributed by atoms with van der Waals surface area (Å²) in [5.74, 6) is -0.924. The Morgan fingerprint density at radius 1 is 1.59 bits per heavy atom. The lowest BCUT2D eigenvalue weighted by atomic mass is 10.1. The molecule has 1 amide bonds. The maximum Gasteiger partial charge on any atom is 0.255 e. The Labute approximate surface area is 98.4 Å². The van der Waals surface area contributed by atoms with Crippen molar-refractivity contribution in [3.05, 3.63) is 29.6 Å². The predicted molar refractivity (Wildman–Crippen MR) is 59.3 cm³/mol. The zero-order chi connectivity index (χ0) is 12.3. The van der Waals surface area contributed by atoms with Crippen LogP contribution >= 0.6 is 0 Å². The van der Waals surface area contributed by atoms with E-state index in [0.717, 1.165) is 18.6 Å². The number of nitrogens with one attached hydrogen (secondary N) is 1. The molecule has 1 aromatic rings. The van der Waals surface area contributed by atoms with Crippen molar-refractivity contribution in [1.29, 1.82) is 0 Å². The minimum absolute atomic E-state index is 0.0380. The van der Waals surface area contributed by atoms with Crippen LogP contribution in [0, 0.1) is 11.7 Å². The topological polar surface area (TPSA) is 58.6 Å². The maximum absolute atomic E-state index is 12.9. The second-order valence-corrected chi connectivity index (χ2v) is 4.10. The molecule has 17 heavy (non-hydrogen) atoms. The highest BCUT2D eigenvalue weighted by atomic mass is 19.1. The molecule has 1 saturated heterocycles. The van der Waals surface area contributed by atoms with Crippen molar-refractivity contribution in [2.24, 2.45) is 5.92 Å². The van der Waals surface area contributed by atoms with Gasteiger partial charge in [-0.15, -0.1) is 0 Å². The Hall–Kier alpha value is -1.62. The minimum atomic E-state index is -0.544. The van der Waals surface area contributed by atoms with E-state index < -0.39 is 11.7 Å². The number of phenolic OH excluding ortho intramolecular Hbond substituents is 1. The summed E-state index contributed by atoms with van der Waals surface area (Å²) in [5, 5.41) is 12.1. The first-order valence-electron chi connectivity index (χ1n) is 5.51. The second kappa shape index (κ2) is 5.14. The van der Waals surface area contributed by atoms with Crippen molar-refractivity contribution in [2.45, 2.75) is 6.42 Å². The Balaban J connectivity index is 1.96. The molecule has 1 aromatic carbocycles. The molecule has 92 valence electrons. The molecular weight excluding hydrogens is 225 g/mol. The molecule has 1 aliphatic heterocycles. The van der Waals surface area contributed by atoms with E-state index in [1.165, 1.54) is 6.07 Å². The van der Waals surface area contributed by atoms with Gasteiger partial charge in [-0.3, -0.25) is 4.79 Å². The molecule has 4 nitrogen and oxygen atoms in total. The standard InChI is InChI=1S/C12H14FNO3/c13-9-1-2-11(15)10(5-9)12(16)14-6-8-3-4-17-7-8/h1-2,5,8,15H,3-4,6-7H2,(H,14,16). The van der Waals surface area contributed by atoms with Crippen LogP contribution in [0.3, 0.4) is 0 Å². The highest BCUT2D eigenvalue weighted by molar-refractivity contribution is 5.96. The van der Waals surface area contributed by atoms with E-state index in [4.69, 9.17) is 4.74 Å². The van der Waals surface area contributed by atoms with Gasteiger partial charge < -0.3 is 15.2 Å². The number of phenols is 1. The second-order valence-electron chi connectivity index (χ2n) is 4.10. The smallest absolute Gasteiger partial charge is 0.255 e. The molecule has 1 atom stereocenters. The van der Waals surface area contributed by atoms with E-state index in [9.17, 15) is 14.3 Å². The summed E-state index contributed by atoms with van der Waals surface area (Å²) in [5.41, 5.74) is -0.0380. The average molecular weight is 239 g/mol. The fraction of sp³-hybridized carbons (Fsp3) is 0.417. The number of aromatic hydroxyl groups is 1. The van der Waals surface area contributed by atoms with Gasteiger partial charge in [0.1, 0.15) is 11.6 Å². The Morgan fingerprint density at radius 3 is 3.12 bits per heavy atom. The van der Waals surface area contributed by atoms with Gasteiger partial charge in [0.15, 0.2) is 0 Å². The van der Waals surface area contributed by atoms with Crippen LogP contribution in [-0.2, 0) is 4.74 Å². The monoisotopic (exact) mass is 239 g/mol. The highest BCUT2D eigenvalue weighted by Crippen LogP contribution is 2.18. The van der Waals surface area contributed by atoms with Gasteiger partial charge in [-0.1, -0.05) is 0 Å². The quantitative estimate of drug-likeness (QED) is 0.835. The number of ether oxygens (including phenoxy) is 1. The molecule has 2 rings (SSSR count). The lowest BCUT2D eigenvalue weighted by Crippen LogP contribution is -2.29. The van der Waals surface area contributed by atoms with Crippen molar-refractivity contribution in [1.82, 2.24) is 5.32 Å². The lowest BCUT2D eigenvalue weighted by Gasteiger charge is -2.10. The van der Waals surface area contributed by atoms with E-state index >= 15 is 0 Å². The molecule has 0 radical (unpaired) electrons. The summed E-state index contributed by atoms with van der Waals surface area (Å²) in [6, 6.07) is 3.30. The normalized spacial score (nSPS) is 19.2. The van der Waals surface area contributed by atoms with Gasteiger partial charge in [0, 0.05) is 19.1 Å². The molecule has 0 aliphatic carbocycles. The molecule has 5 heteroatoms. The predicted octanol–water partition coefficient (Wildman–Crippen LogP) is 1.30. The average Bonchev–Trinajstić information content (AvgIpc) is 2.82. The third-order valence-electron chi connectivity index (χ3n) is 2.78. The van der Waals surface area contributed by atoms with Gasteiger partial charge in [-0.25, -0.2) is 4.39 Å². The summed E-state index contributed by atoms with van der Waals surface area (Å²) in [6.45, 7) is 1.83. The summed E-state index contributed by atoms with van der Waals surface area (Å²) < 4.78 is 18.1. The molecule has 1 unspecified atom stereocenters. The Morgan fingerprint density at radius 2 is 2.41 bits per heavy atom. The molecule has 0 spiro atoms. The zero-order valence-electron chi connectivity index (χ0n) is 9.28. The molecule has 0 bridgehead atoms. The first kappa shape index (κ1) is 11.9. The number of carbonyl (C=O) groups excluding carboxylic acids is 1. The van der Waals surface area contributed by atoms with E-state index in [1.54, 1.807) is 0 Å². The van der Waals surface area contributed by atoms with E-state index in [1.807, 2.05) is 0 Å². The molecular formula is C12H14FNO3. The van der Waals surface area contributed by atoms with Gasteiger partial charge in [0.2, 0.25) is 0 Å². The fourth-order valence-corrected chi connectivity index (χ4v) is 1.77. The number of rotatable bonds is 3. The van der Waals surface area contributed by atoms with Crippen LogP contribution in [0.5, 0.6) is 5.75 Å². The first-order valence-corrected chi connectivity index (χ1v) is 5.51. The number of benzene rings is 1.